The van der Waals surface area contributed by atoms with Gasteiger partial charge in [-0.2, -0.15) is 0 Å². The second kappa shape index (κ2) is 52.4. The Morgan fingerprint density at radius 1 is 0.444 bits per heavy atom. The summed E-state index contributed by atoms with van der Waals surface area (Å²) in [7, 11) is 0. The van der Waals surface area contributed by atoms with Gasteiger partial charge in [-0.1, -0.05) is 236 Å². The molecular formula is C57H105NO5. The first-order chi connectivity index (χ1) is 31.0. The van der Waals surface area contributed by atoms with Gasteiger partial charge in [0.25, 0.3) is 0 Å². The Balaban J connectivity index is 3.55. The number of aliphatic hydroxyl groups excluding tert-OH is 2. The lowest BCUT2D eigenvalue weighted by Crippen LogP contribution is -2.45. The molecule has 0 aromatic heterocycles. The fraction of sp³-hybridized carbons (Fsp3) is 0.825. The minimum atomic E-state index is -0.700. The third kappa shape index (κ3) is 49.1. The number of esters is 1. The Kier molecular flexibility index (Phi) is 50.6. The van der Waals surface area contributed by atoms with Crippen molar-refractivity contribution in [3.8, 4) is 0 Å². The molecule has 0 spiro atoms. The van der Waals surface area contributed by atoms with Gasteiger partial charge in [-0.15, -0.1) is 0 Å². The van der Waals surface area contributed by atoms with E-state index in [0.717, 1.165) is 57.8 Å². The average Bonchev–Trinajstić information content (AvgIpc) is 3.28. The molecule has 0 heterocycles. The van der Waals surface area contributed by atoms with Crippen molar-refractivity contribution in [1.29, 1.82) is 0 Å². The molecular weight excluding hydrogens is 779 g/mol. The summed E-state index contributed by atoms with van der Waals surface area (Å²) in [6, 6.07) is -0.587. The summed E-state index contributed by atoms with van der Waals surface area (Å²) < 4.78 is 5.46. The van der Waals surface area contributed by atoms with Gasteiger partial charge in [0.05, 0.1) is 25.4 Å². The SMILES string of the molecule is CCCCC/C=C\C/C=C\CCCCCCCCCC(=O)OCCCCCCCC/C=C\C/C=C\CCC(=O)NC(CO)C(O)CCCCCCCCCCCCCCCCCC. The molecule has 0 saturated heterocycles. The minimum Gasteiger partial charge on any atom is -0.466 e. The summed E-state index contributed by atoms with van der Waals surface area (Å²) in [4.78, 5) is 24.5. The Morgan fingerprint density at radius 3 is 1.27 bits per heavy atom. The number of carbonyl (C=O) groups is 2. The topological polar surface area (TPSA) is 95.9 Å². The average molecular weight is 884 g/mol. The number of aliphatic hydroxyl groups is 2. The number of ether oxygens (including phenoxy) is 1. The molecule has 0 saturated carbocycles. The molecule has 0 aromatic rings. The number of carbonyl (C=O) groups excluding carboxylic acids is 2. The maximum absolute atomic E-state index is 12.4. The predicted octanol–water partition coefficient (Wildman–Crippen LogP) is 16.6. The monoisotopic (exact) mass is 884 g/mol. The van der Waals surface area contributed by atoms with E-state index >= 15 is 0 Å². The molecule has 2 atom stereocenters. The van der Waals surface area contributed by atoms with Crippen LogP contribution in [0.25, 0.3) is 0 Å². The van der Waals surface area contributed by atoms with Crippen LogP contribution in [0.2, 0.25) is 0 Å². The van der Waals surface area contributed by atoms with E-state index in [9.17, 15) is 19.8 Å². The normalized spacial score (nSPS) is 13.0. The summed E-state index contributed by atoms with van der Waals surface area (Å²) in [6.45, 7) is 4.86. The van der Waals surface area contributed by atoms with Crippen molar-refractivity contribution in [2.75, 3.05) is 13.2 Å². The first-order valence-electron chi connectivity index (χ1n) is 27.4. The minimum absolute atomic E-state index is 0.0252. The molecule has 3 N–H and O–H groups in total. The van der Waals surface area contributed by atoms with E-state index in [-0.39, 0.29) is 18.5 Å². The number of unbranched alkanes of at least 4 members (excludes halogenated alkanes) is 31. The Bertz CT molecular complexity index is 1070. The van der Waals surface area contributed by atoms with E-state index in [2.05, 4.69) is 61.7 Å². The first-order valence-corrected chi connectivity index (χ1v) is 27.4. The number of allylic oxidation sites excluding steroid dienone is 8. The number of rotatable bonds is 50. The summed E-state index contributed by atoms with van der Waals surface area (Å²) in [6.07, 6.45) is 65.3. The standard InChI is InChI=1S/C57H105NO5/c1-3-5-7-9-11-13-15-17-19-21-23-27-31-35-39-43-47-51-57(62)63-52-48-44-40-36-32-28-24-26-30-34-38-42-46-50-56(61)58-54(53-59)55(60)49-45-41-37-33-29-25-22-20-18-16-14-12-10-8-6-4-2/h11,13,17,19,26,30,38,42,54-55,59-60H,3-10,12,14-16,18,20-25,27-29,31-37,39-41,43-53H2,1-2H3,(H,58,61)/b13-11-,19-17-,30-26-,42-38-. The second-order valence-corrected chi connectivity index (χ2v) is 18.6. The highest BCUT2D eigenvalue weighted by atomic mass is 16.5. The number of amides is 1. The third-order valence-electron chi connectivity index (χ3n) is 12.4. The van der Waals surface area contributed by atoms with Crippen molar-refractivity contribution in [1.82, 2.24) is 5.32 Å². The molecule has 0 aromatic carbocycles. The smallest absolute Gasteiger partial charge is 0.305 e. The molecule has 63 heavy (non-hydrogen) atoms. The van der Waals surface area contributed by atoms with Gasteiger partial charge in [0, 0.05) is 12.8 Å². The zero-order chi connectivity index (χ0) is 45.8. The molecule has 368 valence electrons. The van der Waals surface area contributed by atoms with Gasteiger partial charge < -0.3 is 20.3 Å². The van der Waals surface area contributed by atoms with Crippen LogP contribution in [0.3, 0.4) is 0 Å². The van der Waals surface area contributed by atoms with Crippen LogP contribution in [0.5, 0.6) is 0 Å². The van der Waals surface area contributed by atoms with Gasteiger partial charge >= 0.3 is 5.97 Å². The molecule has 0 fully saturated rings. The summed E-state index contributed by atoms with van der Waals surface area (Å²) >= 11 is 0. The van der Waals surface area contributed by atoms with Crippen molar-refractivity contribution in [3.63, 3.8) is 0 Å². The van der Waals surface area contributed by atoms with Crippen molar-refractivity contribution in [2.45, 2.75) is 289 Å². The predicted molar refractivity (Wildman–Crippen MR) is 273 cm³/mol. The highest BCUT2D eigenvalue weighted by Crippen LogP contribution is 2.16. The zero-order valence-corrected chi connectivity index (χ0v) is 41.8. The van der Waals surface area contributed by atoms with Crippen LogP contribution in [0, 0.1) is 0 Å². The van der Waals surface area contributed by atoms with E-state index in [4.69, 9.17) is 4.74 Å². The van der Waals surface area contributed by atoms with Crippen LogP contribution >= 0.6 is 0 Å². The fourth-order valence-corrected chi connectivity index (χ4v) is 8.13. The number of hydrogen-bond acceptors (Lipinski definition) is 5. The molecule has 0 aliphatic carbocycles. The van der Waals surface area contributed by atoms with E-state index in [1.54, 1.807) is 0 Å². The maximum Gasteiger partial charge on any atom is 0.305 e. The third-order valence-corrected chi connectivity index (χ3v) is 12.4. The van der Waals surface area contributed by atoms with Crippen molar-refractivity contribution >= 4 is 11.9 Å². The second-order valence-electron chi connectivity index (χ2n) is 18.6. The number of hydrogen-bond donors (Lipinski definition) is 3. The first kappa shape index (κ1) is 60.8. The number of nitrogens with one attached hydrogen (secondary N) is 1. The maximum atomic E-state index is 12.4. The molecule has 0 aliphatic rings. The summed E-state index contributed by atoms with van der Waals surface area (Å²) in [5.74, 6) is -0.141. The van der Waals surface area contributed by atoms with Crippen LogP contribution in [-0.4, -0.2) is 47.4 Å². The van der Waals surface area contributed by atoms with Crippen LogP contribution in [-0.2, 0) is 14.3 Å². The van der Waals surface area contributed by atoms with Gasteiger partial charge in [0.2, 0.25) is 5.91 Å². The highest BCUT2D eigenvalue weighted by Gasteiger charge is 2.19. The lowest BCUT2D eigenvalue weighted by Gasteiger charge is -2.22. The molecule has 0 aliphatic heterocycles. The van der Waals surface area contributed by atoms with Crippen molar-refractivity contribution < 1.29 is 24.5 Å². The molecule has 6 heteroatoms. The zero-order valence-electron chi connectivity index (χ0n) is 41.8. The molecule has 1 amide bonds. The van der Waals surface area contributed by atoms with Gasteiger partial charge in [0.15, 0.2) is 0 Å². The largest absolute Gasteiger partial charge is 0.466 e. The van der Waals surface area contributed by atoms with Crippen LogP contribution in [0.1, 0.15) is 277 Å². The lowest BCUT2D eigenvalue weighted by molar-refractivity contribution is -0.143. The van der Waals surface area contributed by atoms with Gasteiger partial charge in [-0.05, 0) is 77.0 Å². The Morgan fingerprint density at radius 2 is 0.810 bits per heavy atom. The summed E-state index contributed by atoms with van der Waals surface area (Å²) in [5.41, 5.74) is 0. The van der Waals surface area contributed by atoms with Gasteiger partial charge in [-0.25, -0.2) is 0 Å². The Labute approximate surface area is 391 Å². The summed E-state index contributed by atoms with van der Waals surface area (Å²) in [5, 5.41) is 23.2. The highest BCUT2D eigenvalue weighted by molar-refractivity contribution is 5.76. The fourth-order valence-electron chi connectivity index (χ4n) is 8.13. The molecule has 6 nitrogen and oxygen atoms in total. The van der Waals surface area contributed by atoms with E-state index in [1.165, 1.54) is 180 Å². The van der Waals surface area contributed by atoms with E-state index in [0.29, 0.717) is 32.3 Å². The molecule has 0 rings (SSSR count). The van der Waals surface area contributed by atoms with Gasteiger partial charge in [-0.3, -0.25) is 9.59 Å². The Hall–Kier alpha value is -2.18. The molecule has 0 bridgehead atoms. The molecule has 0 radical (unpaired) electrons. The van der Waals surface area contributed by atoms with Crippen LogP contribution < -0.4 is 5.32 Å². The van der Waals surface area contributed by atoms with Gasteiger partial charge in [0.1, 0.15) is 0 Å². The van der Waals surface area contributed by atoms with Crippen molar-refractivity contribution in [2.24, 2.45) is 0 Å². The van der Waals surface area contributed by atoms with E-state index in [1.807, 2.05) is 6.08 Å². The lowest BCUT2D eigenvalue weighted by atomic mass is 10.0. The quantitative estimate of drug-likeness (QED) is 0.0321. The van der Waals surface area contributed by atoms with Crippen LogP contribution in [0.4, 0.5) is 0 Å². The van der Waals surface area contributed by atoms with E-state index < -0.39 is 12.1 Å². The van der Waals surface area contributed by atoms with Crippen LogP contribution in [0.15, 0.2) is 48.6 Å². The molecule has 2 unspecified atom stereocenters. The van der Waals surface area contributed by atoms with Crippen molar-refractivity contribution in [3.05, 3.63) is 48.6 Å².